The topological polar surface area (TPSA) is 35.2 Å². The van der Waals surface area contributed by atoms with Gasteiger partial charge in [0, 0.05) is 0 Å². The van der Waals surface area contributed by atoms with E-state index in [0.717, 1.165) is 5.56 Å². The Morgan fingerprint density at radius 1 is 1.07 bits per heavy atom. The van der Waals surface area contributed by atoms with Crippen LogP contribution in [0.2, 0.25) is 0 Å². The first kappa shape index (κ1) is 12.0. The van der Waals surface area contributed by atoms with Crippen molar-refractivity contribution in [2.45, 2.75) is 19.0 Å². The Kier molecular flexibility index (Phi) is 4.11. The van der Waals surface area contributed by atoms with Crippen molar-refractivity contribution in [2.24, 2.45) is 5.90 Å². The fraction of sp³-hybridized carbons (Fsp3) is 0.400. The maximum atomic E-state index is 12.0. The number of halogens is 3. The van der Waals surface area contributed by atoms with E-state index in [9.17, 15) is 13.2 Å². The summed E-state index contributed by atoms with van der Waals surface area (Å²) in [7, 11) is 0. The highest BCUT2D eigenvalue weighted by atomic mass is 19.4. The third-order valence-electron chi connectivity index (χ3n) is 1.94. The van der Waals surface area contributed by atoms with E-state index in [1.165, 1.54) is 12.1 Å². The average Bonchev–Trinajstić information content (AvgIpc) is 2.14. The predicted octanol–water partition coefficient (Wildman–Crippen LogP) is 2.22. The van der Waals surface area contributed by atoms with Gasteiger partial charge in [0.05, 0.1) is 13.0 Å². The minimum Gasteiger partial charge on any atom is -0.304 e. The molecule has 1 aromatic carbocycles. The molecule has 0 spiro atoms. The molecule has 5 heteroatoms. The number of hydrogen-bond acceptors (Lipinski definition) is 2. The Labute approximate surface area is 85.8 Å². The second kappa shape index (κ2) is 5.14. The monoisotopic (exact) mass is 219 g/mol. The van der Waals surface area contributed by atoms with Crippen LogP contribution >= 0.6 is 0 Å². The summed E-state index contributed by atoms with van der Waals surface area (Å²) in [5.41, 5.74) is 1.17. The van der Waals surface area contributed by atoms with Gasteiger partial charge in [0.1, 0.15) is 0 Å². The zero-order valence-corrected chi connectivity index (χ0v) is 8.05. The highest BCUT2D eigenvalue weighted by Gasteiger charge is 2.27. The average molecular weight is 219 g/mol. The standard InChI is InChI=1S/C10H12F3NO/c11-10(12,13)7-9-3-1-8(2-4-9)5-6-15-14/h1-4H,5-7,14H2. The number of benzene rings is 1. The van der Waals surface area contributed by atoms with Crippen molar-refractivity contribution in [3.8, 4) is 0 Å². The lowest BCUT2D eigenvalue weighted by Gasteiger charge is -2.07. The molecule has 0 aliphatic heterocycles. The molecule has 0 unspecified atom stereocenters. The van der Waals surface area contributed by atoms with E-state index in [4.69, 9.17) is 5.90 Å². The van der Waals surface area contributed by atoms with Crippen LogP contribution < -0.4 is 5.90 Å². The van der Waals surface area contributed by atoms with Crippen molar-refractivity contribution in [1.82, 2.24) is 0 Å². The molecule has 0 fully saturated rings. The molecule has 0 radical (unpaired) electrons. The fourth-order valence-electron chi connectivity index (χ4n) is 1.23. The van der Waals surface area contributed by atoms with Gasteiger partial charge in [-0.1, -0.05) is 24.3 Å². The maximum Gasteiger partial charge on any atom is 0.393 e. The molecule has 1 rings (SSSR count). The molecule has 84 valence electrons. The zero-order chi connectivity index (χ0) is 11.3. The molecule has 0 aliphatic rings. The van der Waals surface area contributed by atoms with E-state index < -0.39 is 12.6 Å². The Morgan fingerprint density at radius 2 is 1.60 bits per heavy atom. The summed E-state index contributed by atoms with van der Waals surface area (Å²) in [4.78, 5) is 4.38. The van der Waals surface area contributed by atoms with Crippen LogP contribution in [0.15, 0.2) is 24.3 Å². The van der Waals surface area contributed by atoms with Gasteiger partial charge in [-0.15, -0.1) is 0 Å². The van der Waals surface area contributed by atoms with Crippen molar-refractivity contribution < 1.29 is 18.0 Å². The van der Waals surface area contributed by atoms with Crippen LogP contribution in [0, 0.1) is 0 Å². The zero-order valence-electron chi connectivity index (χ0n) is 8.05. The van der Waals surface area contributed by atoms with Crippen molar-refractivity contribution in [3.05, 3.63) is 35.4 Å². The number of rotatable bonds is 4. The molecule has 1 aromatic rings. The summed E-state index contributed by atoms with van der Waals surface area (Å²) in [6.07, 6.45) is -4.44. The van der Waals surface area contributed by atoms with Crippen molar-refractivity contribution in [2.75, 3.05) is 6.61 Å². The second-order valence-corrected chi connectivity index (χ2v) is 3.23. The second-order valence-electron chi connectivity index (χ2n) is 3.23. The van der Waals surface area contributed by atoms with Crippen LogP contribution in [0.1, 0.15) is 11.1 Å². The lowest BCUT2D eigenvalue weighted by molar-refractivity contribution is -0.127. The molecule has 15 heavy (non-hydrogen) atoms. The van der Waals surface area contributed by atoms with Gasteiger partial charge in [-0.05, 0) is 17.5 Å². The molecule has 2 nitrogen and oxygen atoms in total. The fourth-order valence-corrected chi connectivity index (χ4v) is 1.23. The predicted molar refractivity (Wildman–Crippen MR) is 50.0 cm³/mol. The minimum atomic E-state index is -4.15. The Bertz CT molecular complexity index is 295. The number of hydrogen-bond donors (Lipinski definition) is 1. The van der Waals surface area contributed by atoms with E-state index >= 15 is 0 Å². The van der Waals surface area contributed by atoms with E-state index in [-0.39, 0.29) is 5.56 Å². The molecular formula is C10H12F3NO. The van der Waals surface area contributed by atoms with Gasteiger partial charge in [0.25, 0.3) is 0 Å². The first-order valence-corrected chi connectivity index (χ1v) is 4.47. The minimum absolute atomic E-state index is 0.264. The van der Waals surface area contributed by atoms with Gasteiger partial charge in [-0.25, -0.2) is 5.90 Å². The highest BCUT2D eigenvalue weighted by Crippen LogP contribution is 2.21. The summed E-state index contributed by atoms with van der Waals surface area (Å²) < 4.78 is 36.0. The van der Waals surface area contributed by atoms with Crippen LogP contribution in [0.25, 0.3) is 0 Å². The molecular weight excluding hydrogens is 207 g/mol. The third-order valence-corrected chi connectivity index (χ3v) is 1.94. The van der Waals surface area contributed by atoms with Crippen LogP contribution in [0.5, 0.6) is 0 Å². The Balaban J connectivity index is 2.56. The summed E-state index contributed by atoms with van der Waals surface area (Å²) in [6, 6.07) is 6.25. The molecule has 0 saturated heterocycles. The SMILES string of the molecule is NOCCc1ccc(CC(F)(F)F)cc1. The number of nitrogens with two attached hydrogens (primary N) is 1. The van der Waals surface area contributed by atoms with Crippen LogP contribution in [-0.4, -0.2) is 12.8 Å². The third kappa shape index (κ3) is 4.80. The van der Waals surface area contributed by atoms with Crippen molar-refractivity contribution in [1.29, 1.82) is 0 Å². The molecule has 0 saturated carbocycles. The smallest absolute Gasteiger partial charge is 0.304 e. The van der Waals surface area contributed by atoms with Crippen LogP contribution in [0.4, 0.5) is 13.2 Å². The largest absolute Gasteiger partial charge is 0.393 e. The molecule has 0 heterocycles. The molecule has 0 atom stereocenters. The lowest BCUT2D eigenvalue weighted by atomic mass is 10.1. The molecule has 0 amide bonds. The van der Waals surface area contributed by atoms with E-state index in [1.54, 1.807) is 12.1 Å². The highest BCUT2D eigenvalue weighted by molar-refractivity contribution is 5.23. The van der Waals surface area contributed by atoms with Gasteiger partial charge in [-0.2, -0.15) is 13.2 Å². The quantitative estimate of drug-likeness (QED) is 0.788. The van der Waals surface area contributed by atoms with Crippen molar-refractivity contribution >= 4 is 0 Å². The molecule has 0 bridgehead atoms. The first-order valence-electron chi connectivity index (χ1n) is 4.47. The van der Waals surface area contributed by atoms with Gasteiger partial charge < -0.3 is 4.84 Å². The summed E-state index contributed by atoms with van der Waals surface area (Å²) in [6.45, 7) is 0.360. The summed E-state index contributed by atoms with van der Waals surface area (Å²) in [5.74, 6) is 4.84. The van der Waals surface area contributed by atoms with Gasteiger partial charge in [0.2, 0.25) is 0 Å². The molecule has 2 N–H and O–H groups in total. The van der Waals surface area contributed by atoms with Crippen LogP contribution in [-0.2, 0) is 17.7 Å². The van der Waals surface area contributed by atoms with Gasteiger partial charge in [0.15, 0.2) is 0 Å². The molecule has 0 aromatic heterocycles. The normalized spacial score (nSPS) is 11.7. The number of alkyl halides is 3. The Hall–Kier alpha value is -1.07. The van der Waals surface area contributed by atoms with E-state index in [2.05, 4.69) is 4.84 Å². The van der Waals surface area contributed by atoms with Gasteiger partial charge in [-0.3, -0.25) is 0 Å². The van der Waals surface area contributed by atoms with E-state index in [0.29, 0.717) is 13.0 Å². The first-order chi connectivity index (χ1) is 7.01. The summed E-state index contributed by atoms with van der Waals surface area (Å²) in [5, 5.41) is 0. The van der Waals surface area contributed by atoms with Crippen LogP contribution in [0.3, 0.4) is 0 Å². The van der Waals surface area contributed by atoms with Gasteiger partial charge >= 0.3 is 6.18 Å². The van der Waals surface area contributed by atoms with Crippen molar-refractivity contribution in [3.63, 3.8) is 0 Å². The van der Waals surface area contributed by atoms with E-state index in [1.807, 2.05) is 0 Å². The maximum absolute atomic E-state index is 12.0. The lowest BCUT2D eigenvalue weighted by Crippen LogP contribution is -2.11. The molecule has 0 aliphatic carbocycles. The Morgan fingerprint density at radius 3 is 2.07 bits per heavy atom. The summed E-state index contributed by atoms with van der Waals surface area (Å²) >= 11 is 0.